The van der Waals surface area contributed by atoms with Gasteiger partial charge in [-0.25, -0.2) is 0 Å². The van der Waals surface area contributed by atoms with Gasteiger partial charge in [0.2, 0.25) is 5.91 Å². The molecule has 1 heterocycles. The number of nitrogens with one attached hydrogen (secondary N) is 3. The first-order chi connectivity index (χ1) is 11.7. The van der Waals surface area contributed by atoms with Crippen molar-refractivity contribution in [2.75, 3.05) is 25.5 Å². The predicted octanol–water partition coefficient (Wildman–Crippen LogP) is 1.92. The normalized spacial score (nSPS) is 19.8. The van der Waals surface area contributed by atoms with E-state index in [1.807, 2.05) is 0 Å². The summed E-state index contributed by atoms with van der Waals surface area (Å²) < 4.78 is 5.20. The molecule has 6 nitrogen and oxygen atoms in total. The summed E-state index contributed by atoms with van der Waals surface area (Å²) in [5, 5.41) is 9.15. The van der Waals surface area contributed by atoms with Crippen LogP contribution in [0.1, 0.15) is 42.5 Å². The molecule has 1 aromatic carbocycles. The summed E-state index contributed by atoms with van der Waals surface area (Å²) >= 11 is 0. The third kappa shape index (κ3) is 4.47. The number of benzene rings is 1. The minimum atomic E-state index is -0.160. The van der Waals surface area contributed by atoms with Crippen LogP contribution in [0.15, 0.2) is 18.2 Å². The quantitative estimate of drug-likeness (QED) is 0.713. The van der Waals surface area contributed by atoms with Crippen molar-refractivity contribution in [3.8, 4) is 5.75 Å². The lowest BCUT2D eigenvalue weighted by Gasteiger charge is -2.13. The van der Waals surface area contributed by atoms with Gasteiger partial charge in [-0.05, 0) is 62.9 Å². The molecule has 130 valence electrons. The molecule has 1 aromatic rings. The summed E-state index contributed by atoms with van der Waals surface area (Å²) in [4.78, 5) is 24.6. The molecule has 0 aromatic heterocycles. The van der Waals surface area contributed by atoms with Crippen LogP contribution in [0.4, 0.5) is 5.69 Å². The number of amides is 2. The van der Waals surface area contributed by atoms with Gasteiger partial charge in [0.1, 0.15) is 5.75 Å². The molecular weight excluding hydrogens is 306 g/mol. The molecule has 3 rings (SSSR count). The van der Waals surface area contributed by atoms with E-state index in [0.717, 1.165) is 38.8 Å². The Morgan fingerprint density at radius 1 is 1.29 bits per heavy atom. The highest BCUT2D eigenvalue weighted by Crippen LogP contribution is 2.25. The van der Waals surface area contributed by atoms with Crippen LogP contribution in [0.3, 0.4) is 0 Å². The average Bonchev–Trinajstić information content (AvgIpc) is 3.24. The second-order valence-corrected chi connectivity index (χ2v) is 6.60. The molecule has 0 bridgehead atoms. The molecule has 1 saturated carbocycles. The number of anilines is 1. The number of ether oxygens (including phenoxy) is 1. The van der Waals surface area contributed by atoms with Crippen molar-refractivity contribution in [3.63, 3.8) is 0 Å². The zero-order valence-corrected chi connectivity index (χ0v) is 14.1. The Kier molecular flexibility index (Phi) is 5.35. The van der Waals surface area contributed by atoms with Crippen LogP contribution in [-0.4, -0.2) is 38.1 Å². The standard InChI is InChI=1S/C18H25N3O3/c1-24-14-5-6-16(15(10-14)18(23)20-13-3-4-13)21-17(22)7-2-12-8-9-19-11-12/h5-6,10,12-13,19H,2-4,7-9,11H2,1H3,(H,20,23)(H,21,22). The number of rotatable bonds is 7. The lowest BCUT2D eigenvalue weighted by Crippen LogP contribution is -2.27. The van der Waals surface area contributed by atoms with Crippen LogP contribution < -0.4 is 20.7 Å². The summed E-state index contributed by atoms with van der Waals surface area (Å²) in [6, 6.07) is 5.43. The van der Waals surface area contributed by atoms with Gasteiger partial charge in [0.15, 0.2) is 0 Å². The van der Waals surface area contributed by atoms with E-state index in [4.69, 9.17) is 4.74 Å². The number of hydrogen-bond donors (Lipinski definition) is 3. The highest BCUT2D eigenvalue weighted by molar-refractivity contribution is 6.04. The van der Waals surface area contributed by atoms with Crippen LogP contribution in [0.25, 0.3) is 0 Å². The Labute approximate surface area is 142 Å². The first kappa shape index (κ1) is 16.8. The second kappa shape index (κ2) is 7.66. The van der Waals surface area contributed by atoms with Crippen molar-refractivity contribution in [2.24, 2.45) is 5.92 Å². The Bertz CT molecular complexity index is 608. The SMILES string of the molecule is COc1ccc(NC(=O)CCC2CCNC2)c(C(=O)NC2CC2)c1. The molecule has 2 aliphatic rings. The highest BCUT2D eigenvalue weighted by Gasteiger charge is 2.25. The van der Waals surface area contributed by atoms with E-state index in [0.29, 0.717) is 29.3 Å². The molecule has 2 fully saturated rings. The summed E-state index contributed by atoms with van der Waals surface area (Å²) in [5.41, 5.74) is 1.00. The number of carbonyl (C=O) groups excluding carboxylic acids is 2. The van der Waals surface area contributed by atoms with Gasteiger partial charge in [-0.2, -0.15) is 0 Å². The first-order valence-corrected chi connectivity index (χ1v) is 8.65. The molecule has 6 heteroatoms. The van der Waals surface area contributed by atoms with Gasteiger partial charge in [-0.15, -0.1) is 0 Å². The van der Waals surface area contributed by atoms with Crippen molar-refractivity contribution < 1.29 is 14.3 Å². The maximum atomic E-state index is 12.4. The van der Waals surface area contributed by atoms with Crippen LogP contribution >= 0.6 is 0 Å². The maximum absolute atomic E-state index is 12.4. The molecule has 0 spiro atoms. The summed E-state index contributed by atoms with van der Waals surface area (Å²) in [7, 11) is 1.56. The Balaban J connectivity index is 1.63. The summed E-state index contributed by atoms with van der Waals surface area (Å²) in [6.45, 7) is 2.03. The number of hydrogen-bond acceptors (Lipinski definition) is 4. The minimum Gasteiger partial charge on any atom is -0.497 e. The molecule has 1 aliphatic heterocycles. The monoisotopic (exact) mass is 331 g/mol. The zero-order valence-electron chi connectivity index (χ0n) is 14.1. The predicted molar refractivity (Wildman–Crippen MR) is 92.3 cm³/mol. The van der Waals surface area contributed by atoms with Gasteiger partial charge in [-0.1, -0.05) is 0 Å². The topological polar surface area (TPSA) is 79.5 Å². The van der Waals surface area contributed by atoms with Gasteiger partial charge in [-0.3, -0.25) is 9.59 Å². The van der Waals surface area contributed by atoms with E-state index < -0.39 is 0 Å². The molecular formula is C18H25N3O3. The maximum Gasteiger partial charge on any atom is 0.253 e. The van der Waals surface area contributed by atoms with Crippen molar-refractivity contribution in [1.29, 1.82) is 0 Å². The van der Waals surface area contributed by atoms with Crippen molar-refractivity contribution in [3.05, 3.63) is 23.8 Å². The molecule has 3 N–H and O–H groups in total. The lowest BCUT2D eigenvalue weighted by atomic mass is 10.0. The first-order valence-electron chi connectivity index (χ1n) is 8.65. The van der Waals surface area contributed by atoms with Crippen LogP contribution in [-0.2, 0) is 4.79 Å². The third-order valence-electron chi connectivity index (χ3n) is 4.60. The van der Waals surface area contributed by atoms with Gasteiger partial charge in [0.25, 0.3) is 5.91 Å². The molecule has 24 heavy (non-hydrogen) atoms. The van der Waals surface area contributed by atoms with Gasteiger partial charge < -0.3 is 20.7 Å². The third-order valence-corrected chi connectivity index (χ3v) is 4.60. The fourth-order valence-corrected chi connectivity index (χ4v) is 2.95. The fraction of sp³-hybridized carbons (Fsp3) is 0.556. The van der Waals surface area contributed by atoms with E-state index in [-0.39, 0.29) is 17.9 Å². The Hall–Kier alpha value is -2.08. The summed E-state index contributed by atoms with van der Waals surface area (Å²) in [5.74, 6) is 0.967. The summed E-state index contributed by atoms with van der Waals surface area (Å²) in [6.07, 6.45) is 4.52. The molecule has 1 aliphatic carbocycles. The van der Waals surface area contributed by atoms with Gasteiger partial charge in [0, 0.05) is 12.5 Å². The number of methoxy groups -OCH3 is 1. The minimum absolute atomic E-state index is 0.0486. The molecule has 1 unspecified atom stereocenters. The van der Waals surface area contributed by atoms with Gasteiger partial charge in [0.05, 0.1) is 18.4 Å². The molecule has 1 atom stereocenters. The molecule has 0 radical (unpaired) electrons. The largest absolute Gasteiger partial charge is 0.497 e. The molecule has 1 saturated heterocycles. The van der Waals surface area contributed by atoms with Crippen LogP contribution in [0.5, 0.6) is 5.75 Å². The highest BCUT2D eigenvalue weighted by atomic mass is 16.5. The van der Waals surface area contributed by atoms with E-state index in [1.54, 1.807) is 25.3 Å². The number of carbonyl (C=O) groups is 2. The van der Waals surface area contributed by atoms with Gasteiger partial charge >= 0.3 is 0 Å². The Morgan fingerprint density at radius 3 is 2.79 bits per heavy atom. The van der Waals surface area contributed by atoms with E-state index in [1.165, 1.54) is 0 Å². The molecule has 2 amide bonds. The van der Waals surface area contributed by atoms with Crippen LogP contribution in [0, 0.1) is 5.92 Å². The van der Waals surface area contributed by atoms with Crippen molar-refractivity contribution in [1.82, 2.24) is 10.6 Å². The van der Waals surface area contributed by atoms with Crippen LogP contribution in [0.2, 0.25) is 0 Å². The zero-order chi connectivity index (χ0) is 16.9. The average molecular weight is 331 g/mol. The smallest absolute Gasteiger partial charge is 0.253 e. The van der Waals surface area contributed by atoms with E-state index in [9.17, 15) is 9.59 Å². The van der Waals surface area contributed by atoms with Crippen molar-refractivity contribution >= 4 is 17.5 Å². The lowest BCUT2D eigenvalue weighted by molar-refractivity contribution is -0.116. The fourth-order valence-electron chi connectivity index (χ4n) is 2.95. The van der Waals surface area contributed by atoms with E-state index >= 15 is 0 Å². The van der Waals surface area contributed by atoms with Crippen molar-refractivity contribution in [2.45, 2.75) is 38.1 Å². The van der Waals surface area contributed by atoms with E-state index in [2.05, 4.69) is 16.0 Å². The Morgan fingerprint density at radius 2 is 2.12 bits per heavy atom. The second-order valence-electron chi connectivity index (χ2n) is 6.60.